The smallest absolute Gasteiger partial charge is 0.329 e. The average molecular weight is 275 g/mol. The number of carboxylic acid groups (broad SMARTS) is 1. The van der Waals surface area contributed by atoms with E-state index in [1.165, 1.54) is 6.33 Å². The van der Waals surface area contributed by atoms with Gasteiger partial charge in [0.25, 0.3) is 0 Å². The Bertz CT molecular complexity index is 681. The van der Waals surface area contributed by atoms with Crippen LogP contribution < -0.4 is 5.73 Å². The summed E-state index contributed by atoms with van der Waals surface area (Å²) in [6, 6.07) is 0.0214. The minimum atomic E-state index is -0.976. The first-order chi connectivity index (χ1) is 9.65. The number of fused-ring (bicyclic) bond motifs is 1. The second kappa shape index (κ2) is 4.89. The maximum Gasteiger partial charge on any atom is 0.329 e. The van der Waals surface area contributed by atoms with E-state index in [0.717, 1.165) is 0 Å². The molecule has 0 radical (unpaired) electrons. The van der Waals surface area contributed by atoms with Crippen LogP contribution in [0.25, 0.3) is 11.2 Å². The van der Waals surface area contributed by atoms with Gasteiger partial charge in [-0.25, -0.2) is 19.7 Å². The Morgan fingerprint density at radius 2 is 2.30 bits per heavy atom. The van der Waals surface area contributed by atoms with Gasteiger partial charge in [-0.1, -0.05) is 12.2 Å². The maximum absolute atomic E-state index is 10.5. The predicted octanol–water partition coefficient (Wildman–Crippen LogP) is 0.379. The lowest BCUT2D eigenvalue weighted by molar-refractivity contribution is -0.143. The Kier molecular flexibility index (Phi) is 3.07. The van der Waals surface area contributed by atoms with Gasteiger partial charge in [-0.2, -0.15) is 0 Å². The largest absolute Gasteiger partial charge is 0.480 e. The van der Waals surface area contributed by atoms with Crippen molar-refractivity contribution in [2.24, 2.45) is 0 Å². The van der Waals surface area contributed by atoms with E-state index in [4.69, 9.17) is 15.6 Å². The molecule has 2 heterocycles. The summed E-state index contributed by atoms with van der Waals surface area (Å²) in [4.78, 5) is 22.8. The Morgan fingerprint density at radius 1 is 1.45 bits per heavy atom. The molecule has 1 aliphatic carbocycles. The maximum atomic E-state index is 10.5. The van der Waals surface area contributed by atoms with E-state index in [0.29, 0.717) is 23.4 Å². The molecule has 0 aromatic carbocycles. The van der Waals surface area contributed by atoms with Crippen LogP contribution in [0.3, 0.4) is 0 Å². The normalized spacial score (nSPS) is 21.6. The first kappa shape index (κ1) is 12.5. The second-order valence-corrected chi connectivity index (χ2v) is 4.51. The molecule has 0 saturated heterocycles. The van der Waals surface area contributed by atoms with Crippen molar-refractivity contribution < 1.29 is 14.6 Å². The van der Waals surface area contributed by atoms with Gasteiger partial charge in [-0.15, -0.1) is 0 Å². The lowest BCUT2D eigenvalue weighted by Crippen LogP contribution is -2.16. The van der Waals surface area contributed by atoms with E-state index in [9.17, 15) is 4.79 Å². The summed E-state index contributed by atoms with van der Waals surface area (Å²) < 4.78 is 7.13. The number of ether oxygens (including phenoxy) is 1. The summed E-state index contributed by atoms with van der Waals surface area (Å²) in [7, 11) is 0. The summed E-state index contributed by atoms with van der Waals surface area (Å²) in [6.45, 7) is -0.304. The predicted molar refractivity (Wildman–Crippen MR) is 69.9 cm³/mol. The highest BCUT2D eigenvalue weighted by Gasteiger charge is 2.23. The molecule has 3 rings (SSSR count). The Hall–Kier alpha value is -2.48. The first-order valence-electron chi connectivity index (χ1n) is 6.10. The van der Waals surface area contributed by atoms with Crippen LogP contribution in [0.15, 0.2) is 24.8 Å². The number of hydrogen-bond acceptors (Lipinski definition) is 6. The van der Waals surface area contributed by atoms with Gasteiger partial charge in [-0.05, 0) is 0 Å². The summed E-state index contributed by atoms with van der Waals surface area (Å²) in [6.07, 6.45) is 7.28. The van der Waals surface area contributed by atoms with Crippen molar-refractivity contribution in [1.82, 2.24) is 19.5 Å². The molecule has 2 atom stereocenters. The molecular weight excluding hydrogens is 262 g/mol. The number of imidazole rings is 1. The molecule has 0 amide bonds. The third-order valence-corrected chi connectivity index (χ3v) is 3.19. The zero-order valence-electron chi connectivity index (χ0n) is 10.5. The van der Waals surface area contributed by atoms with Crippen molar-refractivity contribution in [2.45, 2.75) is 18.6 Å². The fourth-order valence-electron chi connectivity index (χ4n) is 2.27. The van der Waals surface area contributed by atoms with Gasteiger partial charge in [0, 0.05) is 6.42 Å². The highest BCUT2D eigenvalue weighted by molar-refractivity contribution is 5.81. The molecule has 0 unspecified atom stereocenters. The molecule has 8 heteroatoms. The minimum Gasteiger partial charge on any atom is -0.480 e. The number of hydrogen-bond donors (Lipinski definition) is 2. The molecule has 0 bridgehead atoms. The van der Waals surface area contributed by atoms with Crippen LogP contribution in [-0.2, 0) is 9.53 Å². The van der Waals surface area contributed by atoms with Crippen LogP contribution in [-0.4, -0.2) is 43.3 Å². The Labute approximate surface area is 113 Å². The lowest BCUT2D eigenvalue weighted by Gasteiger charge is -2.13. The molecule has 0 aliphatic heterocycles. The molecule has 2 aromatic rings. The van der Waals surface area contributed by atoms with E-state index in [-0.39, 0.29) is 18.8 Å². The van der Waals surface area contributed by atoms with Crippen LogP contribution in [0.1, 0.15) is 12.5 Å². The summed E-state index contributed by atoms with van der Waals surface area (Å²) in [5.74, 6) is -0.634. The van der Waals surface area contributed by atoms with Gasteiger partial charge in [0.05, 0.1) is 18.5 Å². The van der Waals surface area contributed by atoms with E-state index >= 15 is 0 Å². The molecule has 0 fully saturated rings. The number of aliphatic carboxylic acids is 1. The van der Waals surface area contributed by atoms with E-state index < -0.39 is 5.97 Å². The van der Waals surface area contributed by atoms with Crippen molar-refractivity contribution >= 4 is 23.0 Å². The molecule has 3 N–H and O–H groups in total. The van der Waals surface area contributed by atoms with E-state index in [2.05, 4.69) is 15.0 Å². The molecule has 0 saturated carbocycles. The Balaban J connectivity index is 1.79. The van der Waals surface area contributed by atoms with Crippen molar-refractivity contribution in [3.63, 3.8) is 0 Å². The number of aromatic nitrogens is 4. The first-order valence-corrected chi connectivity index (χ1v) is 6.10. The van der Waals surface area contributed by atoms with Crippen LogP contribution in [0.2, 0.25) is 0 Å². The third kappa shape index (κ3) is 2.21. The van der Waals surface area contributed by atoms with E-state index in [1.807, 2.05) is 16.7 Å². The number of nitrogen functional groups attached to an aromatic ring is 1. The van der Waals surface area contributed by atoms with Gasteiger partial charge < -0.3 is 20.1 Å². The summed E-state index contributed by atoms with van der Waals surface area (Å²) in [5.41, 5.74) is 6.97. The number of carboxylic acids is 1. The van der Waals surface area contributed by atoms with Crippen LogP contribution >= 0.6 is 0 Å². The van der Waals surface area contributed by atoms with E-state index in [1.54, 1.807) is 6.33 Å². The number of anilines is 1. The SMILES string of the molecule is Nc1ncnc2c1ncn2[C@H]1C=C[C@H](OCC(=O)O)C1. The van der Waals surface area contributed by atoms with Gasteiger partial charge >= 0.3 is 5.97 Å². The van der Waals surface area contributed by atoms with Crippen LogP contribution in [0.5, 0.6) is 0 Å². The van der Waals surface area contributed by atoms with Crippen molar-refractivity contribution in [3.05, 3.63) is 24.8 Å². The highest BCUT2D eigenvalue weighted by atomic mass is 16.5. The lowest BCUT2D eigenvalue weighted by atomic mass is 10.2. The highest BCUT2D eigenvalue weighted by Crippen LogP contribution is 2.28. The molecular formula is C12H13N5O3. The topological polar surface area (TPSA) is 116 Å². The fraction of sp³-hybridized carbons (Fsp3) is 0.333. The standard InChI is InChI=1S/C12H13N5O3/c13-11-10-12(15-5-14-11)17(6-16-10)7-1-2-8(3-7)20-4-9(18)19/h1-2,5-8H,3-4H2,(H,18,19)(H2,13,14,15)/t7-,8-/m0/s1. The zero-order chi connectivity index (χ0) is 14.1. The molecule has 0 spiro atoms. The number of nitrogens with two attached hydrogens (primary N) is 1. The summed E-state index contributed by atoms with van der Waals surface area (Å²) >= 11 is 0. The van der Waals surface area contributed by atoms with Crippen LogP contribution in [0.4, 0.5) is 5.82 Å². The number of carbonyl (C=O) groups is 1. The van der Waals surface area contributed by atoms with Crippen molar-refractivity contribution in [2.75, 3.05) is 12.3 Å². The Morgan fingerprint density at radius 3 is 3.10 bits per heavy atom. The number of allylic oxidation sites excluding steroid dienone is 1. The molecule has 2 aromatic heterocycles. The van der Waals surface area contributed by atoms with Crippen molar-refractivity contribution in [1.29, 1.82) is 0 Å². The summed E-state index contributed by atoms with van der Waals surface area (Å²) in [5, 5.41) is 8.60. The van der Waals surface area contributed by atoms with Crippen molar-refractivity contribution in [3.8, 4) is 0 Å². The molecule has 1 aliphatic rings. The van der Waals surface area contributed by atoms with Gasteiger partial charge in [0.15, 0.2) is 11.5 Å². The molecule has 20 heavy (non-hydrogen) atoms. The minimum absolute atomic E-state index is 0.0214. The second-order valence-electron chi connectivity index (χ2n) is 4.51. The molecule has 8 nitrogen and oxygen atoms in total. The quantitative estimate of drug-likeness (QED) is 0.774. The van der Waals surface area contributed by atoms with Gasteiger partial charge in [0.2, 0.25) is 0 Å². The zero-order valence-corrected chi connectivity index (χ0v) is 10.5. The average Bonchev–Trinajstić information content (AvgIpc) is 3.02. The fourth-order valence-corrected chi connectivity index (χ4v) is 2.27. The third-order valence-electron chi connectivity index (χ3n) is 3.19. The molecule has 104 valence electrons. The van der Waals surface area contributed by atoms with Gasteiger partial charge in [-0.3, -0.25) is 0 Å². The number of nitrogens with zero attached hydrogens (tertiary/aromatic N) is 4. The number of rotatable bonds is 4. The van der Waals surface area contributed by atoms with Crippen LogP contribution in [0, 0.1) is 0 Å². The van der Waals surface area contributed by atoms with Gasteiger partial charge in [0.1, 0.15) is 18.5 Å². The monoisotopic (exact) mass is 275 g/mol.